The van der Waals surface area contributed by atoms with Crippen LogP contribution in [0.3, 0.4) is 0 Å². The molecule has 4 aromatic rings. The van der Waals surface area contributed by atoms with E-state index in [1.807, 2.05) is 0 Å². The van der Waals surface area contributed by atoms with Crippen molar-refractivity contribution in [2.45, 2.75) is 145 Å². The first-order valence-corrected chi connectivity index (χ1v) is 34.7. The summed E-state index contributed by atoms with van der Waals surface area (Å²) < 4.78 is 16.1. The number of rotatable bonds is 42. The molecule has 546 valence electrons. The van der Waals surface area contributed by atoms with E-state index in [9.17, 15) is 73.2 Å². The van der Waals surface area contributed by atoms with Gasteiger partial charge in [0.2, 0.25) is 29.5 Å². The number of fused-ring (bicyclic) bond motifs is 1. The number of alkyl halides is 2. The van der Waals surface area contributed by atoms with Gasteiger partial charge in [0.15, 0.2) is 0 Å². The smallest absolute Gasteiger partial charge is 0.411 e. The van der Waals surface area contributed by atoms with E-state index in [2.05, 4.69) is 42.5 Å². The van der Waals surface area contributed by atoms with Gasteiger partial charge >= 0.3 is 17.7 Å². The van der Waals surface area contributed by atoms with E-state index in [-0.39, 0.29) is 115 Å². The normalized spacial score (nSPS) is 16.9. The summed E-state index contributed by atoms with van der Waals surface area (Å²) in [4.78, 5) is 140. The molecule has 3 aromatic carbocycles. The van der Waals surface area contributed by atoms with Gasteiger partial charge in [-0.3, -0.25) is 64.1 Å². The lowest BCUT2D eigenvalue weighted by Gasteiger charge is -2.43. The van der Waals surface area contributed by atoms with Crippen LogP contribution in [-0.4, -0.2) is 195 Å². The number of ether oxygens (including phenoxy) is 2. The maximum absolute atomic E-state index is 13.9. The second-order valence-electron chi connectivity index (χ2n) is 25.3. The number of hydrogen-bond donors (Lipinski definition) is 13. The minimum atomic E-state index is -1.45. The van der Waals surface area contributed by atoms with Crippen LogP contribution in [0, 0.1) is 18.3 Å². The van der Waals surface area contributed by atoms with Crippen LogP contribution in [0.5, 0.6) is 0 Å². The number of urea groups is 1. The number of carbonyl (C=O) groups excluding carboxylic acids is 10. The Morgan fingerprint density at radius 2 is 1.49 bits per heavy atom. The van der Waals surface area contributed by atoms with E-state index >= 15 is 0 Å². The number of thioether (sulfide) groups is 1. The standard InChI is InChI=1S/C68H91Cl2N11O18S/c1-40(2)58(61(91)78-50(13-10-24-74-65(71)95)60(90)76-45-17-15-42(16-18-45)38-98-66(96)77-46-19-20-48-41(3)31-57(88)99-51(48)33-46)79-53(84)14-7-6-8-23-73-64(94)68(5,70)39-67(4,63(93)75-36-47(83)37-82)35-49(69)43-11-9-12-44(32-43)59(89)72-25-30-100-52-34-56(87)81(62(52)92)27-29-97-28-26-80-54(85)21-22-55(80)86/h9,11-12,15-22,31-33,40,47,49-50,52,58,63-64,73,75,82-83,93-94H,6-8,10,13-14,23-30,34-39H2,1-5H3,(H,72,89)(H,76,90)(H,77,96)(H,78,91)(H,79,84)(H3,71,74,95). The van der Waals surface area contributed by atoms with Crippen LogP contribution in [0.2, 0.25) is 0 Å². The molecule has 11 amide bonds. The van der Waals surface area contributed by atoms with Crippen LogP contribution in [0.1, 0.15) is 118 Å². The molecule has 14 N–H and O–H groups in total. The molecule has 1 fully saturated rings. The van der Waals surface area contributed by atoms with Gasteiger partial charge in [0.05, 0.1) is 54.5 Å². The zero-order chi connectivity index (χ0) is 73.3. The van der Waals surface area contributed by atoms with Crippen molar-refractivity contribution in [1.82, 2.24) is 41.7 Å². The lowest BCUT2D eigenvalue weighted by molar-refractivity contribution is -0.139. The van der Waals surface area contributed by atoms with Gasteiger partial charge in [-0.05, 0) is 118 Å². The quantitative estimate of drug-likeness (QED) is 0.00984. The van der Waals surface area contributed by atoms with Crippen molar-refractivity contribution in [3.8, 4) is 0 Å². The number of nitrogens with two attached hydrogens (primary N) is 1. The number of amides is 11. The first-order valence-electron chi connectivity index (χ1n) is 32.9. The molecule has 0 aliphatic carbocycles. The highest BCUT2D eigenvalue weighted by Crippen LogP contribution is 2.45. The minimum Gasteiger partial charge on any atom is -0.444 e. The van der Waals surface area contributed by atoms with Crippen molar-refractivity contribution in [3.63, 3.8) is 0 Å². The lowest BCUT2D eigenvalue weighted by Crippen LogP contribution is -2.54. The minimum absolute atomic E-state index is 0.00594. The molecular weight excluding hydrogens is 1360 g/mol. The van der Waals surface area contributed by atoms with E-state index in [0.29, 0.717) is 58.5 Å². The Hall–Kier alpha value is -8.04. The summed E-state index contributed by atoms with van der Waals surface area (Å²) >= 11 is 15.4. The second-order valence-corrected chi connectivity index (χ2v) is 28.0. The molecular formula is C68H91Cl2N11O18S. The van der Waals surface area contributed by atoms with E-state index in [1.54, 1.807) is 95.3 Å². The summed E-state index contributed by atoms with van der Waals surface area (Å²) in [6.07, 6.45) is -0.689. The number of nitrogens with zero attached hydrogens (tertiary/aromatic N) is 2. The van der Waals surface area contributed by atoms with Crippen LogP contribution >= 0.6 is 35.0 Å². The maximum Gasteiger partial charge on any atom is 0.411 e. The summed E-state index contributed by atoms with van der Waals surface area (Å²) in [5, 5.41) is 64.1. The molecule has 0 bridgehead atoms. The summed E-state index contributed by atoms with van der Waals surface area (Å²) in [6, 6.07) is 16.3. The highest BCUT2D eigenvalue weighted by atomic mass is 35.5. The molecule has 6 rings (SSSR count). The van der Waals surface area contributed by atoms with Crippen molar-refractivity contribution in [3.05, 3.63) is 118 Å². The van der Waals surface area contributed by atoms with E-state index in [0.717, 1.165) is 15.4 Å². The van der Waals surface area contributed by atoms with Gasteiger partial charge in [0, 0.05) is 90.3 Å². The number of hydrogen-bond acceptors (Lipinski definition) is 21. The Bertz CT molecular complexity index is 3590. The molecule has 3 heterocycles. The fourth-order valence-corrected chi connectivity index (χ4v) is 13.1. The number of aliphatic hydroxyl groups excluding tert-OH is 4. The van der Waals surface area contributed by atoms with Crippen LogP contribution in [-0.2, 0) is 49.6 Å². The molecule has 1 saturated heterocycles. The summed E-state index contributed by atoms with van der Waals surface area (Å²) in [5.41, 5.74) is 6.58. The molecule has 32 heteroatoms. The Labute approximate surface area is 593 Å². The fraction of sp³-hybridized carbons (Fsp3) is 0.515. The molecule has 9 unspecified atom stereocenters. The van der Waals surface area contributed by atoms with Crippen molar-refractivity contribution in [2.75, 3.05) is 75.5 Å². The van der Waals surface area contributed by atoms with Crippen LogP contribution in [0.25, 0.3) is 11.0 Å². The zero-order valence-electron chi connectivity index (χ0n) is 56.5. The van der Waals surface area contributed by atoms with Crippen molar-refractivity contribution >= 4 is 117 Å². The van der Waals surface area contributed by atoms with E-state index in [4.69, 9.17) is 42.8 Å². The first kappa shape index (κ1) is 80.9. The number of aryl methyl sites for hydroxylation is 1. The molecule has 9 atom stereocenters. The van der Waals surface area contributed by atoms with Gasteiger partial charge < -0.3 is 66.6 Å². The average Bonchev–Trinajstić information content (AvgIpc) is 1.13. The third-order valence-electron chi connectivity index (χ3n) is 16.7. The molecule has 0 spiro atoms. The van der Waals surface area contributed by atoms with Gasteiger partial charge in [-0.2, -0.15) is 0 Å². The number of nitrogens with one attached hydrogen (secondary N) is 8. The largest absolute Gasteiger partial charge is 0.444 e. The summed E-state index contributed by atoms with van der Waals surface area (Å²) in [6.45, 7) is 8.23. The zero-order valence-corrected chi connectivity index (χ0v) is 58.8. The van der Waals surface area contributed by atoms with Crippen LogP contribution in [0.15, 0.2) is 94.2 Å². The van der Waals surface area contributed by atoms with Gasteiger partial charge in [-0.25, -0.2) is 14.4 Å². The number of halogens is 2. The Kier molecular flexibility index (Phi) is 31.8. The molecule has 0 radical (unpaired) electrons. The number of likely N-dealkylation sites (tertiary alicyclic amines) is 1. The predicted molar refractivity (Wildman–Crippen MR) is 374 cm³/mol. The van der Waals surface area contributed by atoms with Gasteiger partial charge in [0.1, 0.15) is 36.7 Å². The van der Waals surface area contributed by atoms with Crippen LogP contribution in [0.4, 0.5) is 21.0 Å². The second kappa shape index (κ2) is 39.2. The summed E-state index contributed by atoms with van der Waals surface area (Å²) in [5.74, 6) is -3.79. The Balaban J connectivity index is 0.932. The number of benzene rings is 3. The van der Waals surface area contributed by atoms with Gasteiger partial charge in [0.25, 0.3) is 17.7 Å². The van der Waals surface area contributed by atoms with Crippen molar-refractivity contribution in [2.24, 2.45) is 17.1 Å². The first-order chi connectivity index (χ1) is 47.5. The van der Waals surface area contributed by atoms with Crippen LogP contribution < -0.4 is 53.9 Å². The monoisotopic (exact) mass is 1450 g/mol. The SMILES string of the molecule is Cc1cc(=O)oc2cc(NC(=O)OCc3ccc(NC(=O)C(CCCNC(N)=O)NC(=O)C(NC(=O)CCCCCNC(O)C(C)(Cl)CC(C)(CC(Cl)c4cccc(C(=O)NCCSC5CC(=O)N(CCOCCN6C(=O)C=CC6=O)C5=O)c4)C(O)NCC(O)CO)C(C)C)cc3)ccc12. The number of anilines is 2. The number of aliphatic hydroxyl groups is 4. The maximum atomic E-state index is 13.9. The van der Waals surface area contributed by atoms with Crippen molar-refractivity contribution < 1.29 is 82.3 Å². The highest BCUT2D eigenvalue weighted by Gasteiger charge is 2.45. The molecule has 29 nitrogen and oxygen atoms in total. The predicted octanol–water partition coefficient (Wildman–Crippen LogP) is 3.89. The van der Waals surface area contributed by atoms with E-state index < -0.39 is 117 Å². The van der Waals surface area contributed by atoms with E-state index in [1.165, 1.54) is 36.0 Å². The number of imide groups is 2. The molecule has 2 aliphatic rings. The highest BCUT2D eigenvalue weighted by molar-refractivity contribution is 8.00. The molecule has 100 heavy (non-hydrogen) atoms. The van der Waals surface area contributed by atoms with Crippen molar-refractivity contribution in [1.29, 1.82) is 0 Å². The number of primary amides is 1. The molecule has 0 saturated carbocycles. The molecule has 2 aliphatic heterocycles. The Morgan fingerprint density at radius 3 is 2.18 bits per heavy atom. The van der Waals surface area contributed by atoms with Gasteiger partial charge in [-0.1, -0.05) is 51.5 Å². The Morgan fingerprint density at radius 1 is 0.790 bits per heavy atom. The topological polar surface area (TPSA) is 429 Å². The third kappa shape index (κ3) is 25.2. The summed E-state index contributed by atoms with van der Waals surface area (Å²) in [7, 11) is 0. The average molecular weight is 1450 g/mol. The number of unbranched alkanes of at least 4 members (excludes halogenated alkanes) is 2. The number of carbonyl (C=O) groups is 10. The molecule has 1 aromatic heterocycles. The van der Waals surface area contributed by atoms with Gasteiger partial charge in [-0.15, -0.1) is 35.0 Å². The third-order valence-corrected chi connectivity index (χ3v) is 18.7. The fourth-order valence-electron chi connectivity index (χ4n) is 11.2. The lowest BCUT2D eigenvalue weighted by atomic mass is 9.74.